The molecule has 0 aromatic carbocycles. The van der Waals surface area contributed by atoms with E-state index in [9.17, 15) is 10.2 Å². The van der Waals surface area contributed by atoms with Gasteiger partial charge in [-0.3, -0.25) is 4.98 Å². The smallest absolute Gasteiger partial charge is 0.0805 e. The fraction of sp³-hybridized carbons (Fsp3) is 0.710. The lowest BCUT2D eigenvalue weighted by molar-refractivity contribution is -0.0609. The fourth-order valence-electron chi connectivity index (χ4n) is 8.68. The summed E-state index contributed by atoms with van der Waals surface area (Å²) >= 11 is 0. The van der Waals surface area contributed by atoms with Gasteiger partial charge < -0.3 is 10.2 Å². The van der Waals surface area contributed by atoms with E-state index >= 15 is 0 Å². The van der Waals surface area contributed by atoms with Gasteiger partial charge in [-0.05, 0) is 110 Å². The Hall–Kier alpha value is -1.45. The van der Waals surface area contributed by atoms with E-state index in [4.69, 9.17) is 0 Å². The number of aliphatic hydroxyl groups is 2. The summed E-state index contributed by atoms with van der Waals surface area (Å²) in [7, 11) is 0. The van der Waals surface area contributed by atoms with Crippen LogP contribution in [0.3, 0.4) is 0 Å². The van der Waals surface area contributed by atoms with Gasteiger partial charge in [-0.1, -0.05) is 57.1 Å². The first-order valence-corrected chi connectivity index (χ1v) is 13.9. The molecule has 1 heterocycles. The third-order valence-electron chi connectivity index (χ3n) is 11.0. The maximum atomic E-state index is 11.0. The van der Waals surface area contributed by atoms with Crippen LogP contribution >= 0.6 is 0 Å². The van der Waals surface area contributed by atoms with Crippen molar-refractivity contribution in [3.8, 4) is 0 Å². The second-order valence-corrected chi connectivity index (χ2v) is 12.6. The molecule has 5 rings (SSSR count). The van der Waals surface area contributed by atoms with Crippen molar-refractivity contribution in [3.63, 3.8) is 0 Å². The van der Waals surface area contributed by atoms with E-state index in [0.29, 0.717) is 11.3 Å². The maximum absolute atomic E-state index is 11.0. The van der Waals surface area contributed by atoms with Crippen LogP contribution < -0.4 is 0 Å². The highest BCUT2D eigenvalue weighted by Crippen LogP contribution is 2.66. The Morgan fingerprint density at radius 2 is 1.88 bits per heavy atom. The summed E-state index contributed by atoms with van der Waals surface area (Å²) in [5, 5.41) is 21.7. The largest absolute Gasteiger partial charge is 0.390 e. The van der Waals surface area contributed by atoms with E-state index in [-0.39, 0.29) is 5.41 Å². The van der Waals surface area contributed by atoms with Gasteiger partial charge in [0.15, 0.2) is 0 Å². The van der Waals surface area contributed by atoms with Crippen LogP contribution in [0.15, 0.2) is 47.8 Å². The molecule has 0 amide bonds. The molecule has 2 fully saturated rings. The number of pyridine rings is 1. The average molecular weight is 464 g/mol. The maximum Gasteiger partial charge on any atom is 0.0805 e. The van der Waals surface area contributed by atoms with Gasteiger partial charge >= 0.3 is 0 Å². The molecule has 34 heavy (non-hydrogen) atoms. The van der Waals surface area contributed by atoms with Crippen molar-refractivity contribution < 1.29 is 10.2 Å². The quantitative estimate of drug-likeness (QED) is 0.440. The Morgan fingerprint density at radius 3 is 2.62 bits per heavy atom. The number of allylic oxidation sites excluding steroid dienone is 3. The standard InChI is InChI=1S/C31H45NO2/c1-5-31(34)17-16-29(3)23(19-31)9-10-24-26-12-11-25(30(26,4)15-14-27(24)29)21(2)8-13-28(33)22-7-6-18-32-20-22/h6-7,9,11,18,20-21,24,26-28,33-34H,5,8,10,12-17,19H2,1-4H3/t21-,24+,26+,27+,28+,29+,30-,31+/m1/s1. The molecule has 0 spiro atoms. The van der Waals surface area contributed by atoms with Gasteiger partial charge in [0.2, 0.25) is 0 Å². The summed E-state index contributed by atoms with van der Waals surface area (Å²) in [5.41, 5.74) is 4.28. The van der Waals surface area contributed by atoms with Gasteiger partial charge in [-0.15, -0.1) is 0 Å². The number of nitrogens with zero attached hydrogens (tertiary/aromatic N) is 1. The van der Waals surface area contributed by atoms with E-state index < -0.39 is 11.7 Å². The van der Waals surface area contributed by atoms with Gasteiger partial charge in [0.05, 0.1) is 11.7 Å². The third-order valence-corrected chi connectivity index (χ3v) is 11.0. The number of hydrogen-bond donors (Lipinski definition) is 2. The van der Waals surface area contributed by atoms with E-state index in [1.807, 2.05) is 12.1 Å². The highest BCUT2D eigenvalue weighted by atomic mass is 16.3. The van der Waals surface area contributed by atoms with E-state index in [0.717, 1.165) is 61.8 Å². The van der Waals surface area contributed by atoms with Crippen molar-refractivity contribution in [2.24, 2.45) is 34.5 Å². The predicted molar refractivity (Wildman–Crippen MR) is 138 cm³/mol. The van der Waals surface area contributed by atoms with Crippen LogP contribution in [0.2, 0.25) is 0 Å². The van der Waals surface area contributed by atoms with Gasteiger partial charge in [-0.2, -0.15) is 0 Å². The second kappa shape index (κ2) is 8.89. The lowest BCUT2D eigenvalue weighted by atomic mass is 9.46. The summed E-state index contributed by atoms with van der Waals surface area (Å²) in [6, 6.07) is 3.89. The topological polar surface area (TPSA) is 53.4 Å². The molecule has 186 valence electrons. The molecule has 0 aliphatic heterocycles. The zero-order chi connectivity index (χ0) is 24.1. The molecule has 2 N–H and O–H groups in total. The zero-order valence-electron chi connectivity index (χ0n) is 21.8. The van der Waals surface area contributed by atoms with Gasteiger partial charge in [-0.25, -0.2) is 0 Å². The van der Waals surface area contributed by atoms with Crippen LogP contribution in [-0.2, 0) is 0 Å². The fourth-order valence-corrected chi connectivity index (χ4v) is 8.68. The lowest BCUT2D eigenvalue weighted by Gasteiger charge is -2.59. The molecule has 3 nitrogen and oxygen atoms in total. The van der Waals surface area contributed by atoms with Crippen molar-refractivity contribution >= 4 is 0 Å². The van der Waals surface area contributed by atoms with Crippen LogP contribution in [0.25, 0.3) is 0 Å². The summed E-state index contributed by atoms with van der Waals surface area (Å²) < 4.78 is 0. The number of fused-ring (bicyclic) bond motifs is 5. The average Bonchev–Trinajstić information content (AvgIpc) is 3.20. The van der Waals surface area contributed by atoms with E-state index in [1.165, 1.54) is 25.7 Å². The lowest BCUT2D eigenvalue weighted by Crippen LogP contribution is -2.52. The first-order valence-electron chi connectivity index (χ1n) is 13.9. The van der Waals surface area contributed by atoms with E-state index in [1.54, 1.807) is 23.5 Å². The molecule has 1 aromatic rings. The third kappa shape index (κ3) is 3.91. The number of hydrogen-bond acceptors (Lipinski definition) is 3. The van der Waals surface area contributed by atoms with Gasteiger partial charge in [0.25, 0.3) is 0 Å². The van der Waals surface area contributed by atoms with Crippen LogP contribution in [0.4, 0.5) is 0 Å². The van der Waals surface area contributed by atoms with Crippen molar-refractivity contribution in [1.82, 2.24) is 4.98 Å². The minimum Gasteiger partial charge on any atom is -0.390 e. The summed E-state index contributed by atoms with van der Waals surface area (Å²) in [4.78, 5) is 4.17. The molecule has 0 unspecified atom stereocenters. The van der Waals surface area contributed by atoms with Gasteiger partial charge in [0.1, 0.15) is 0 Å². The minimum atomic E-state index is -0.473. The van der Waals surface area contributed by atoms with Crippen LogP contribution in [0.1, 0.15) is 104 Å². The van der Waals surface area contributed by atoms with Crippen LogP contribution in [0, 0.1) is 34.5 Å². The first kappa shape index (κ1) is 24.3. The Bertz CT molecular complexity index is 953. The molecular formula is C31H45NO2. The second-order valence-electron chi connectivity index (χ2n) is 12.6. The Labute approximate surface area is 206 Å². The number of rotatable bonds is 6. The van der Waals surface area contributed by atoms with E-state index in [2.05, 4.69) is 44.8 Å². The van der Waals surface area contributed by atoms with Crippen molar-refractivity contribution in [1.29, 1.82) is 0 Å². The normalized spacial score (nSPS) is 40.9. The molecule has 3 heteroatoms. The SMILES string of the molecule is CC[C@]1(O)CC[C@@]2(C)C(=CC[C@@H]3[C@@H]2CC[C@]2(C)C([C@H](C)CC[C@H](O)c4cccnc4)=CC[C@@H]32)C1. The van der Waals surface area contributed by atoms with Gasteiger partial charge in [0, 0.05) is 12.4 Å². The molecule has 0 bridgehead atoms. The molecule has 0 radical (unpaired) electrons. The summed E-state index contributed by atoms with van der Waals surface area (Å²) in [6.45, 7) is 9.61. The summed E-state index contributed by atoms with van der Waals surface area (Å²) in [6.07, 6.45) is 19.0. The molecule has 0 saturated heterocycles. The molecular weight excluding hydrogens is 418 g/mol. The Kier molecular flexibility index (Phi) is 6.34. The highest BCUT2D eigenvalue weighted by molar-refractivity contribution is 5.31. The van der Waals surface area contributed by atoms with Crippen LogP contribution in [-0.4, -0.2) is 20.8 Å². The monoisotopic (exact) mass is 463 g/mol. The van der Waals surface area contributed by atoms with Crippen LogP contribution in [0.5, 0.6) is 0 Å². The molecule has 1 aromatic heterocycles. The number of aromatic nitrogens is 1. The van der Waals surface area contributed by atoms with Crippen molar-refractivity contribution in [2.45, 2.75) is 104 Å². The van der Waals surface area contributed by atoms with Crippen molar-refractivity contribution in [3.05, 3.63) is 53.4 Å². The number of aliphatic hydroxyl groups excluding tert-OH is 1. The molecule has 2 saturated carbocycles. The minimum absolute atomic E-state index is 0.286. The predicted octanol–water partition coefficient (Wildman–Crippen LogP) is 7.17. The molecule has 4 aliphatic rings. The Balaban J connectivity index is 1.28. The van der Waals surface area contributed by atoms with Crippen molar-refractivity contribution in [2.75, 3.05) is 0 Å². The zero-order valence-corrected chi connectivity index (χ0v) is 21.8. The molecule has 4 aliphatic carbocycles. The molecule has 8 atom stereocenters. The first-order chi connectivity index (χ1) is 16.2. The summed E-state index contributed by atoms with van der Waals surface area (Å²) in [5.74, 6) is 2.79. The highest BCUT2D eigenvalue weighted by Gasteiger charge is 2.57. The Morgan fingerprint density at radius 1 is 1.06 bits per heavy atom.